The number of halogens is 2. The van der Waals surface area contributed by atoms with Gasteiger partial charge in [0.2, 0.25) is 0 Å². The summed E-state index contributed by atoms with van der Waals surface area (Å²) >= 11 is 11.9. The van der Waals surface area contributed by atoms with Gasteiger partial charge in [0.1, 0.15) is 5.82 Å². The Morgan fingerprint density at radius 3 is 2.60 bits per heavy atom. The second-order valence-electron chi connectivity index (χ2n) is 5.91. The Bertz CT molecular complexity index is 746. The summed E-state index contributed by atoms with van der Waals surface area (Å²) in [6.45, 7) is 3.49. The third-order valence-corrected chi connectivity index (χ3v) is 4.82. The van der Waals surface area contributed by atoms with Gasteiger partial charge in [0.25, 0.3) is 5.91 Å². The fourth-order valence-electron chi connectivity index (χ4n) is 2.70. The highest BCUT2D eigenvalue weighted by Gasteiger charge is 2.16. The monoisotopic (exact) mass is 379 g/mol. The SMILES string of the molecule is CN(Cc1ccc(Cl)c(Cl)c1)C(=O)c1ccc(N2CCOCC2)nc1. The number of benzene rings is 1. The van der Waals surface area contributed by atoms with Gasteiger partial charge < -0.3 is 14.5 Å². The Labute approximate surface area is 157 Å². The largest absolute Gasteiger partial charge is 0.378 e. The number of carbonyl (C=O) groups is 1. The zero-order valence-electron chi connectivity index (χ0n) is 13.9. The molecule has 0 radical (unpaired) electrons. The van der Waals surface area contributed by atoms with Crippen molar-refractivity contribution in [1.82, 2.24) is 9.88 Å². The highest BCUT2D eigenvalue weighted by atomic mass is 35.5. The minimum Gasteiger partial charge on any atom is -0.378 e. The molecule has 0 unspecified atom stereocenters. The normalized spacial score (nSPS) is 14.4. The number of rotatable bonds is 4. The van der Waals surface area contributed by atoms with E-state index in [4.69, 9.17) is 27.9 Å². The summed E-state index contributed by atoms with van der Waals surface area (Å²) in [6, 6.07) is 9.05. The van der Waals surface area contributed by atoms with Crippen LogP contribution in [0.15, 0.2) is 36.5 Å². The highest BCUT2D eigenvalue weighted by molar-refractivity contribution is 6.42. The molecule has 1 aliphatic rings. The lowest BCUT2D eigenvalue weighted by Crippen LogP contribution is -2.36. The molecule has 2 heterocycles. The van der Waals surface area contributed by atoms with Crippen molar-refractivity contribution in [2.45, 2.75) is 6.54 Å². The van der Waals surface area contributed by atoms with Gasteiger partial charge in [-0.25, -0.2) is 4.98 Å². The van der Waals surface area contributed by atoms with Crippen molar-refractivity contribution < 1.29 is 9.53 Å². The molecule has 0 atom stereocenters. The Hall–Kier alpha value is -1.82. The van der Waals surface area contributed by atoms with E-state index in [9.17, 15) is 4.79 Å². The maximum atomic E-state index is 12.6. The van der Waals surface area contributed by atoms with Crippen LogP contribution in [0.25, 0.3) is 0 Å². The maximum Gasteiger partial charge on any atom is 0.255 e. The van der Waals surface area contributed by atoms with Crippen LogP contribution in [0.3, 0.4) is 0 Å². The van der Waals surface area contributed by atoms with Crippen molar-refractivity contribution in [2.75, 3.05) is 38.3 Å². The molecule has 2 aromatic rings. The van der Waals surface area contributed by atoms with E-state index in [0.29, 0.717) is 35.4 Å². The lowest BCUT2D eigenvalue weighted by atomic mass is 10.2. The van der Waals surface area contributed by atoms with Gasteiger partial charge in [-0.15, -0.1) is 0 Å². The number of hydrogen-bond acceptors (Lipinski definition) is 4. The van der Waals surface area contributed by atoms with Crippen LogP contribution < -0.4 is 4.90 Å². The molecule has 7 heteroatoms. The van der Waals surface area contributed by atoms with E-state index in [1.807, 2.05) is 18.2 Å². The summed E-state index contributed by atoms with van der Waals surface area (Å²) in [6.07, 6.45) is 1.62. The molecule has 0 spiro atoms. The van der Waals surface area contributed by atoms with Crippen LogP contribution in [0, 0.1) is 0 Å². The van der Waals surface area contributed by atoms with Gasteiger partial charge in [-0.3, -0.25) is 4.79 Å². The fourth-order valence-corrected chi connectivity index (χ4v) is 3.02. The second-order valence-corrected chi connectivity index (χ2v) is 6.73. The van der Waals surface area contributed by atoms with Crippen molar-refractivity contribution in [3.05, 3.63) is 57.7 Å². The van der Waals surface area contributed by atoms with Crippen LogP contribution >= 0.6 is 23.2 Å². The number of anilines is 1. The number of ether oxygens (including phenoxy) is 1. The summed E-state index contributed by atoms with van der Waals surface area (Å²) in [7, 11) is 1.75. The molecule has 3 rings (SSSR count). The van der Waals surface area contributed by atoms with Crippen molar-refractivity contribution in [2.24, 2.45) is 0 Å². The lowest BCUT2D eigenvalue weighted by molar-refractivity contribution is 0.0784. The van der Waals surface area contributed by atoms with E-state index in [0.717, 1.165) is 24.5 Å². The molecule has 1 amide bonds. The number of aromatic nitrogens is 1. The van der Waals surface area contributed by atoms with Gasteiger partial charge >= 0.3 is 0 Å². The molecule has 1 aromatic heterocycles. The van der Waals surface area contributed by atoms with Crippen LogP contribution in [0.1, 0.15) is 15.9 Å². The Morgan fingerprint density at radius 1 is 1.20 bits per heavy atom. The van der Waals surface area contributed by atoms with Crippen molar-refractivity contribution >= 4 is 34.9 Å². The smallest absolute Gasteiger partial charge is 0.255 e. The average Bonchev–Trinajstić information content (AvgIpc) is 2.65. The quantitative estimate of drug-likeness (QED) is 0.815. The van der Waals surface area contributed by atoms with E-state index < -0.39 is 0 Å². The van der Waals surface area contributed by atoms with E-state index in [2.05, 4.69) is 9.88 Å². The summed E-state index contributed by atoms with van der Waals surface area (Å²) in [4.78, 5) is 20.8. The van der Waals surface area contributed by atoms with Crippen molar-refractivity contribution in [1.29, 1.82) is 0 Å². The second kappa shape index (κ2) is 8.04. The zero-order valence-corrected chi connectivity index (χ0v) is 15.4. The molecule has 1 fully saturated rings. The molecule has 1 aromatic carbocycles. The van der Waals surface area contributed by atoms with E-state index in [1.165, 1.54) is 0 Å². The topological polar surface area (TPSA) is 45.7 Å². The summed E-state index contributed by atoms with van der Waals surface area (Å²) in [5.41, 5.74) is 1.47. The summed E-state index contributed by atoms with van der Waals surface area (Å²) in [5, 5.41) is 0.985. The molecule has 1 aliphatic heterocycles. The van der Waals surface area contributed by atoms with E-state index >= 15 is 0 Å². The predicted octanol–water partition coefficient (Wildman–Crippen LogP) is 3.50. The number of nitrogens with zero attached hydrogens (tertiary/aromatic N) is 3. The summed E-state index contributed by atoms with van der Waals surface area (Å²) in [5.74, 6) is 0.777. The molecule has 0 bridgehead atoms. The number of carbonyl (C=O) groups excluding carboxylic acids is 1. The van der Waals surface area contributed by atoms with Gasteiger partial charge in [0, 0.05) is 32.9 Å². The Morgan fingerprint density at radius 2 is 1.96 bits per heavy atom. The first-order valence-electron chi connectivity index (χ1n) is 8.03. The Balaban J connectivity index is 1.66. The lowest BCUT2D eigenvalue weighted by Gasteiger charge is -2.27. The standard InChI is InChI=1S/C18H19Cl2N3O2/c1-22(12-13-2-4-15(19)16(20)10-13)18(24)14-3-5-17(21-11-14)23-6-8-25-9-7-23/h2-5,10-11H,6-9,12H2,1H3. The third kappa shape index (κ3) is 4.42. The van der Waals surface area contributed by atoms with Crippen LogP contribution in [-0.4, -0.2) is 49.1 Å². The molecule has 25 heavy (non-hydrogen) atoms. The Kier molecular flexibility index (Phi) is 5.78. The molecule has 5 nitrogen and oxygen atoms in total. The van der Waals surface area contributed by atoms with Gasteiger partial charge in [0.05, 0.1) is 28.8 Å². The predicted molar refractivity (Wildman–Crippen MR) is 99.5 cm³/mol. The van der Waals surface area contributed by atoms with Gasteiger partial charge in [0.15, 0.2) is 0 Å². The number of hydrogen-bond donors (Lipinski definition) is 0. The van der Waals surface area contributed by atoms with Gasteiger partial charge in [-0.2, -0.15) is 0 Å². The number of pyridine rings is 1. The fraction of sp³-hybridized carbons (Fsp3) is 0.333. The number of amides is 1. The molecule has 0 N–H and O–H groups in total. The first-order valence-corrected chi connectivity index (χ1v) is 8.78. The van der Waals surface area contributed by atoms with Crippen molar-refractivity contribution in [3.63, 3.8) is 0 Å². The molecule has 0 saturated carbocycles. The van der Waals surface area contributed by atoms with E-state index in [-0.39, 0.29) is 5.91 Å². The van der Waals surface area contributed by atoms with Crippen LogP contribution in [-0.2, 0) is 11.3 Å². The van der Waals surface area contributed by atoms with Crippen LogP contribution in [0.5, 0.6) is 0 Å². The van der Waals surface area contributed by atoms with Crippen molar-refractivity contribution in [3.8, 4) is 0 Å². The van der Waals surface area contributed by atoms with Gasteiger partial charge in [-0.1, -0.05) is 29.3 Å². The van der Waals surface area contributed by atoms with Crippen LogP contribution in [0.4, 0.5) is 5.82 Å². The third-order valence-electron chi connectivity index (χ3n) is 4.08. The van der Waals surface area contributed by atoms with Gasteiger partial charge in [-0.05, 0) is 29.8 Å². The first kappa shape index (κ1) is 18.0. The van der Waals surface area contributed by atoms with E-state index in [1.54, 1.807) is 30.3 Å². The zero-order chi connectivity index (χ0) is 17.8. The average molecular weight is 380 g/mol. The summed E-state index contributed by atoms with van der Waals surface area (Å²) < 4.78 is 5.34. The number of morpholine rings is 1. The molecule has 1 saturated heterocycles. The molecule has 132 valence electrons. The first-order chi connectivity index (χ1) is 12.0. The van der Waals surface area contributed by atoms with Crippen LogP contribution in [0.2, 0.25) is 10.0 Å². The minimum absolute atomic E-state index is 0.0906. The molecular weight excluding hydrogens is 361 g/mol. The minimum atomic E-state index is -0.0906. The molecule has 0 aliphatic carbocycles. The maximum absolute atomic E-state index is 12.6. The molecular formula is C18H19Cl2N3O2. The highest BCUT2D eigenvalue weighted by Crippen LogP contribution is 2.23.